The molecule has 2 aromatic carbocycles. The molecule has 304 valence electrons. The molecule has 4 heterocycles. The van der Waals surface area contributed by atoms with Gasteiger partial charge in [0.1, 0.15) is 23.9 Å². The summed E-state index contributed by atoms with van der Waals surface area (Å²) in [6, 6.07) is 10.2. The van der Waals surface area contributed by atoms with Gasteiger partial charge in [0.2, 0.25) is 5.91 Å². The van der Waals surface area contributed by atoms with Crippen LogP contribution in [0.1, 0.15) is 64.2 Å². The standard InChI is InChI=1S/C43H54N6O8/c1-8-48-36-12-11-27-20-31(36)32(38(48)33-22-44-14-13-28(33)23-56-7)21-43(4,5)24-57-41(53)34-10-9-15-49(46-34)40(52)35(18-26-16-29(27)19-30(50)17-26)45-39(51)37(25(2)3)47(6)42(54)55/h11-14,16-17,19-20,22,25,34-35,37,46,50H,8-10,15,18,21,23-24H2,1-7H3,(H,45,51)(H,54,55)/t34-,35?,37?/m0/s1. The Labute approximate surface area is 333 Å². The molecule has 2 aliphatic heterocycles. The van der Waals surface area contributed by atoms with Crippen molar-refractivity contribution < 1.29 is 38.9 Å². The van der Waals surface area contributed by atoms with E-state index in [9.17, 15) is 29.4 Å². The number of phenols is 1. The fraction of sp³-hybridized carbons (Fsp3) is 0.465. The average Bonchev–Trinajstić information content (AvgIpc) is 3.47. The number of benzene rings is 2. The number of fused-ring (bicyclic) bond motifs is 6. The number of methoxy groups -OCH3 is 1. The molecule has 0 saturated carbocycles. The van der Waals surface area contributed by atoms with Crippen molar-refractivity contribution in [3.8, 4) is 28.1 Å². The van der Waals surface area contributed by atoms with E-state index >= 15 is 0 Å². The van der Waals surface area contributed by atoms with Crippen LogP contribution in [0.3, 0.4) is 0 Å². The van der Waals surface area contributed by atoms with Crippen LogP contribution in [-0.2, 0) is 49.9 Å². The molecule has 57 heavy (non-hydrogen) atoms. The summed E-state index contributed by atoms with van der Waals surface area (Å²) in [4.78, 5) is 59.3. The Morgan fingerprint density at radius 3 is 2.61 bits per heavy atom. The van der Waals surface area contributed by atoms with Crippen molar-refractivity contribution >= 4 is 34.8 Å². The summed E-state index contributed by atoms with van der Waals surface area (Å²) >= 11 is 0. The maximum absolute atomic E-state index is 14.3. The molecule has 14 heteroatoms. The maximum atomic E-state index is 14.3. The SMILES string of the molecule is CCn1c(-c2cnccc2COC)c2c3cc(ccc31)-c1cc(O)cc(c1)CC(NC(=O)C(C(C)C)N(C)C(=O)O)C(=O)N1CCC[C@H](N1)C(=O)OCC(C)(C)C2. The Bertz CT molecular complexity index is 2160. The number of pyridine rings is 1. The predicted octanol–water partition coefficient (Wildman–Crippen LogP) is 5.53. The van der Waals surface area contributed by atoms with Crippen molar-refractivity contribution in [1.82, 2.24) is 30.2 Å². The van der Waals surface area contributed by atoms with E-state index in [0.29, 0.717) is 43.5 Å². The minimum absolute atomic E-state index is 0.0214. The summed E-state index contributed by atoms with van der Waals surface area (Å²) in [5.41, 5.74) is 9.63. The number of cyclic esters (lactones) is 1. The van der Waals surface area contributed by atoms with Gasteiger partial charge in [0.05, 0.1) is 18.9 Å². The quantitative estimate of drug-likeness (QED) is 0.167. The lowest BCUT2D eigenvalue weighted by molar-refractivity contribution is -0.155. The van der Waals surface area contributed by atoms with Gasteiger partial charge in [-0.1, -0.05) is 39.8 Å². The number of nitrogens with zero attached hydrogens (tertiary/aromatic N) is 4. The first-order valence-corrected chi connectivity index (χ1v) is 19.5. The number of carbonyl (C=O) groups excluding carboxylic acids is 3. The smallest absolute Gasteiger partial charge is 0.407 e. The third-order valence-corrected chi connectivity index (χ3v) is 10.9. The largest absolute Gasteiger partial charge is 0.508 e. The molecule has 3 amide bonds. The molecule has 0 aliphatic carbocycles. The molecular weight excluding hydrogens is 729 g/mol. The van der Waals surface area contributed by atoms with Gasteiger partial charge >= 0.3 is 12.1 Å². The van der Waals surface area contributed by atoms with Crippen LogP contribution in [0.2, 0.25) is 0 Å². The number of carboxylic acid groups (broad SMARTS) is 1. The van der Waals surface area contributed by atoms with Crippen molar-refractivity contribution in [3.63, 3.8) is 0 Å². The number of rotatable bonds is 8. The van der Waals surface area contributed by atoms with E-state index < -0.39 is 53.3 Å². The van der Waals surface area contributed by atoms with E-state index in [0.717, 1.165) is 43.8 Å². The summed E-state index contributed by atoms with van der Waals surface area (Å²) < 4.78 is 13.9. The number of esters is 1. The molecular formula is C43H54N6O8. The summed E-state index contributed by atoms with van der Waals surface area (Å²) in [5, 5.41) is 26.1. The van der Waals surface area contributed by atoms with Crippen molar-refractivity contribution in [2.24, 2.45) is 11.3 Å². The van der Waals surface area contributed by atoms with Crippen LogP contribution in [0, 0.1) is 11.3 Å². The van der Waals surface area contributed by atoms with Crippen LogP contribution < -0.4 is 10.7 Å². The number of nitrogens with one attached hydrogen (secondary N) is 2. The Morgan fingerprint density at radius 2 is 1.91 bits per heavy atom. The van der Waals surface area contributed by atoms with Gasteiger partial charge in [0.25, 0.3) is 5.91 Å². The molecule has 1 saturated heterocycles. The maximum Gasteiger partial charge on any atom is 0.407 e. The Morgan fingerprint density at radius 1 is 1.14 bits per heavy atom. The fourth-order valence-electron chi connectivity index (χ4n) is 8.23. The second-order valence-electron chi connectivity index (χ2n) is 16.3. The number of aromatic nitrogens is 2. The number of hydrogen-bond acceptors (Lipinski definition) is 9. The molecule has 0 spiro atoms. The zero-order valence-corrected chi connectivity index (χ0v) is 33.8. The Balaban J connectivity index is 1.52. The predicted molar refractivity (Wildman–Crippen MR) is 215 cm³/mol. The number of hydrazine groups is 1. The molecule has 4 aromatic rings. The van der Waals surface area contributed by atoms with Crippen LogP contribution in [0.4, 0.5) is 4.79 Å². The highest BCUT2D eigenvalue weighted by atomic mass is 16.5. The first kappa shape index (κ1) is 41.2. The molecule has 6 rings (SSSR count). The first-order valence-electron chi connectivity index (χ1n) is 19.5. The van der Waals surface area contributed by atoms with E-state index in [4.69, 9.17) is 9.47 Å². The number of carbonyl (C=O) groups is 4. The minimum atomic E-state index is -1.28. The minimum Gasteiger partial charge on any atom is -0.508 e. The second-order valence-corrected chi connectivity index (χ2v) is 16.3. The van der Waals surface area contributed by atoms with E-state index in [1.807, 2.05) is 24.4 Å². The Hall–Kier alpha value is -5.47. The van der Waals surface area contributed by atoms with E-state index in [2.05, 4.69) is 53.2 Å². The second kappa shape index (κ2) is 16.9. The van der Waals surface area contributed by atoms with Crippen molar-refractivity contribution in [1.29, 1.82) is 0 Å². The summed E-state index contributed by atoms with van der Waals surface area (Å²) in [7, 11) is 2.98. The van der Waals surface area contributed by atoms with Gasteiger partial charge in [-0.3, -0.25) is 29.3 Å². The van der Waals surface area contributed by atoms with Gasteiger partial charge < -0.3 is 29.6 Å². The van der Waals surface area contributed by atoms with E-state index in [-0.39, 0.29) is 25.3 Å². The van der Waals surface area contributed by atoms with Crippen molar-refractivity contribution in [2.75, 3.05) is 27.3 Å². The fourth-order valence-corrected chi connectivity index (χ4v) is 8.23. The third kappa shape index (κ3) is 8.76. The number of likely N-dealkylation sites (N-methyl/N-ethyl adjacent to an activating group) is 1. The molecule has 1 fully saturated rings. The highest BCUT2D eigenvalue weighted by Gasteiger charge is 2.37. The van der Waals surface area contributed by atoms with Crippen LogP contribution in [0.5, 0.6) is 5.75 Å². The van der Waals surface area contributed by atoms with Gasteiger partial charge in [-0.25, -0.2) is 10.2 Å². The van der Waals surface area contributed by atoms with Crippen LogP contribution >= 0.6 is 0 Å². The molecule has 2 aliphatic rings. The number of hydrogen-bond donors (Lipinski definition) is 4. The van der Waals surface area contributed by atoms with E-state index in [1.54, 1.807) is 39.3 Å². The van der Waals surface area contributed by atoms with Gasteiger partial charge in [-0.2, -0.15) is 0 Å². The van der Waals surface area contributed by atoms with Crippen LogP contribution in [0.15, 0.2) is 54.9 Å². The number of aryl methyl sites for hydroxylation is 1. The Kier molecular flexibility index (Phi) is 12.2. The summed E-state index contributed by atoms with van der Waals surface area (Å²) in [6.45, 7) is 11.1. The number of ether oxygens (including phenoxy) is 2. The summed E-state index contributed by atoms with van der Waals surface area (Å²) in [5.74, 6) is -2.06. The normalized spacial score (nSPS) is 19.2. The topological polar surface area (TPSA) is 176 Å². The molecule has 6 bridgehead atoms. The van der Waals surface area contributed by atoms with Gasteiger partial charge in [-0.05, 0) is 90.3 Å². The van der Waals surface area contributed by atoms with Crippen molar-refractivity contribution in [2.45, 2.75) is 91.6 Å². The third-order valence-electron chi connectivity index (χ3n) is 10.9. The number of phenolic OH excluding ortho intramolecular Hbond substituents is 1. The molecule has 4 N–H and O–H groups in total. The molecule has 2 aromatic heterocycles. The number of aromatic hydroxyl groups is 1. The molecule has 14 nitrogen and oxygen atoms in total. The van der Waals surface area contributed by atoms with Gasteiger partial charge in [0, 0.05) is 67.9 Å². The van der Waals surface area contributed by atoms with Crippen LogP contribution in [0.25, 0.3) is 33.3 Å². The highest BCUT2D eigenvalue weighted by molar-refractivity contribution is 5.96. The molecule has 3 atom stereocenters. The molecule has 2 unspecified atom stereocenters. The van der Waals surface area contributed by atoms with Gasteiger partial charge in [0.15, 0.2) is 0 Å². The first-order chi connectivity index (χ1) is 27.1. The lowest BCUT2D eigenvalue weighted by atomic mass is 9.84. The average molecular weight is 783 g/mol. The lowest BCUT2D eigenvalue weighted by Crippen LogP contribution is -2.62. The summed E-state index contributed by atoms with van der Waals surface area (Å²) in [6.07, 6.45) is 3.81. The zero-order chi connectivity index (χ0) is 41.2. The van der Waals surface area contributed by atoms with Gasteiger partial charge in [-0.15, -0.1) is 0 Å². The number of amides is 3. The van der Waals surface area contributed by atoms with Crippen LogP contribution in [-0.4, -0.2) is 99.0 Å². The highest BCUT2D eigenvalue weighted by Crippen LogP contribution is 2.41. The lowest BCUT2D eigenvalue weighted by Gasteiger charge is -2.36. The molecule has 0 radical (unpaired) electrons. The monoisotopic (exact) mass is 782 g/mol. The van der Waals surface area contributed by atoms with E-state index in [1.165, 1.54) is 12.1 Å². The zero-order valence-electron chi connectivity index (χ0n) is 33.8. The van der Waals surface area contributed by atoms with Crippen molar-refractivity contribution in [3.05, 3.63) is 71.5 Å².